The SMILES string of the molecule is O=C1C(=O)N(Cc2ccsc2)c2cc(F)c(F)cc21. The normalized spacial score (nSPS) is 14.1. The van der Waals surface area contributed by atoms with Crippen molar-refractivity contribution in [2.24, 2.45) is 0 Å². The lowest BCUT2D eigenvalue weighted by atomic mass is 10.1. The summed E-state index contributed by atoms with van der Waals surface area (Å²) >= 11 is 1.45. The molecule has 0 bridgehead atoms. The van der Waals surface area contributed by atoms with Gasteiger partial charge >= 0.3 is 0 Å². The number of thiophene rings is 1. The maximum absolute atomic E-state index is 13.3. The molecule has 0 saturated heterocycles. The van der Waals surface area contributed by atoms with Crippen LogP contribution in [-0.2, 0) is 11.3 Å². The van der Waals surface area contributed by atoms with Gasteiger partial charge < -0.3 is 4.90 Å². The van der Waals surface area contributed by atoms with E-state index in [9.17, 15) is 18.4 Å². The standard InChI is InChI=1S/C13H7F2NO2S/c14-9-3-8-11(4-10(9)15)16(13(18)12(8)17)5-7-1-2-19-6-7/h1-4,6H,5H2. The second-order valence-electron chi connectivity index (χ2n) is 4.14. The molecule has 1 aliphatic rings. The Morgan fingerprint density at radius 1 is 1.16 bits per heavy atom. The van der Waals surface area contributed by atoms with Crippen LogP contribution in [0.5, 0.6) is 0 Å². The van der Waals surface area contributed by atoms with Gasteiger partial charge in [0.15, 0.2) is 11.6 Å². The Bertz CT molecular complexity index is 682. The first-order valence-electron chi connectivity index (χ1n) is 5.44. The molecular weight excluding hydrogens is 272 g/mol. The van der Waals surface area contributed by atoms with Crippen molar-refractivity contribution in [1.29, 1.82) is 0 Å². The lowest BCUT2D eigenvalue weighted by Gasteiger charge is -2.15. The van der Waals surface area contributed by atoms with E-state index in [1.807, 2.05) is 10.8 Å². The molecule has 0 unspecified atom stereocenters. The van der Waals surface area contributed by atoms with E-state index < -0.39 is 23.3 Å². The number of fused-ring (bicyclic) bond motifs is 1. The Morgan fingerprint density at radius 2 is 1.89 bits per heavy atom. The van der Waals surface area contributed by atoms with Gasteiger partial charge in [0.2, 0.25) is 0 Å². The predicted molar refractivity (Wildman–Crippen MR) is 66.2 cm³/mol. The van der Waals surface area contributed by atoms with Crippen molar-refractivity contribution in [1.82, 2.24) is 0 Å². The third-order valence-electron chi connectivity index (χ3n) is 2.93. The van der Waals surface area contributed by atoms with Gasteiger partial charge in [0, 0.05) is 6.07 Å². The van der Waals surface area contributed by atoms with Crippen molar-refractivity contribution in [3.05, 3.63) is 51.7 Å². The van der Waals surface area contributed by atoms with Crippen LogP contribution in [0.15, 0.2) is 29.0 Å². The van der Waals surface area contributed by atoms with Crippen LogP contribution in [0.4, 0.5) is 14.5 Å². The number of carbonyl (C=O) groups excluding carboxylic acids is 2. The molecule has 6 heteroatoms. The Kier molecular flexibility index (Phi) is 2.67. The van der Waals surface area contributed by atoms with Crippen molar-refractivity contribution in [3.63, 3.8) is 0 Å². The molecule has 1 aromatic heterocycles. The smallest absolute Gasteiger partial charge is 0.299 e. The van der Waals surface area contributed by atoms with E-state index in [1.165, 1.54) is 16.2 Å². The summed E-state index contributed by atoms with van der Waals surface area (Å²) in [5, 5.41) is 3.67. The van der Waals surface area contributed by atoms with Crippen molar-refractivity contribution in [3.8, 4) is 0 Å². The van der Waals surface area contributed by atoms with E-state index >= 15 is 0 Å². The van der Waals surface area contributed by atoms with Crippen LogP contribution >= 0.6 is 11.3 Å². The number of Topliss-reactive ketones (excluding diaryl/α,β-unsaturated/α-hetero) is 1. The van der Waals surface area contributed by atoms with Crippen molar-refractivity contribution in [2.75, 3.05) is 4.90 Å². The van der Waals surface area contributed by atoms with Crippen LogP contribution in [-0.4, -0.2) is 11.7 Å². The van der Waals surface area contributed by atoms with Gasteiger partial charge in [-0.2, -0.15) is 11.3 Å². The molecule has 1 amide bonds. The Balaban J connectivity index is 2.06. The van der Waals surface area contributed by atoms with E-state index in [0.29, 0.717) is 0 Å². The Labute approximate surface area is 111 Å². The molecule has 2 aromatic rings. The molecule has 96 valence electrons. The zero-order chi connectivity index (χ0) is 13.6. The quantitative estimate of drug-likeness (QED) is 0.793. The number of hydrogen-bond acceptors (Lipinski definition) is 3. The summed E-state index contributed by atoms with van der Waals surface area (Å²) in [6.07, 6.45) is 0. The summed E-state index contributed by atoms with van der Waals surface area (Å²) < 4.78 is 26.4. The fourth-order valence-electron chi connectivity index (χ4n) is 2.01. The summed E-state index contributed by atoms with van der Waals surface area (Å²) in [4.78, 5) is 24.7. The first kappa shape index (κ1) is 12.0. The van der Waals surface area contributed by atoms with Gasteiger partial charge in [-0.1, -0.05) is 0 Å². The van der Waals surface area contributed by atoms with Crippen molar-refractivity contribution >= 4 is 28.7 Å². The number of ketones is 1. The molecule has 3 nitrogen and oxygen atoms in total. The summed E-state index contributed by atoms with van der Waals surface area (Å²) in [5.74, 6) is -3.76. The highest BCUT2D eigenvalue weighted by molar-refractivity contribution is 7.07. The average Bonchev–Trinajstić information content (AvgIpc) is 2.96. The van der Waals surface area contributed by atoms with Crippen LogP contribution in [0.3, 0.4) is 0 Å². The number of rotatable bonds is 2. The topological polar surface area (TPSA) is 37.4 Å². The molecule has 19 heavy (non-hydrogen) atoms. The van der Waals surface area contributed by atoms with Gasteiger partial charge in [-0.05, 0) is 28.5 Å². The minimum absolute atomic E-state index is 0.0841. The van der Waals surface area contributed by atoms with Gasteiger partial charge in [-0.15, -0.1) is 0 Å². The van der Waals surface area contributed by atoms with Crippen molar-refractivity contribution in [2.45, 2.75) is 6.54 Å². The lowest BCUT2D eigenvalue weighted by Crippen LogP contribution is -2.28. The van der Waals surface area contributed by atoms with E-state index in [2.05, 4.69) is 0 Å². The monoisotopic (exact) mass is 279 g/mol. The molecule has 0 spiro atoms. The van der Waals surface area contributed by atoms with Gasteiger partial charge in [-0.25, -0.2) is 8.78 Å². The minimum Gasteiger partial charge on any atom is -0.300 e. The zero-order valence-electron chi connectivity index (χ0n) is 9.52. The first-order chi connectivity index (χ1) is 9.08. The van der Waals surface area contributed by atoms with Crippen LogP contribution in [0, 0.1) is 11.6 Å². The number of amides is 1. The lowest BCUT2D eigenvalue weighted by molar-refractivity contribution is -0.114. The van der Waals surface area contributed by atoms with Gasteiger partial charge in [0.25, 0.3) is 11.7 Å². The maximum Gasteiger partial charge on any atom is 0.299 e. The highest BCUT2D eigenvalue weighted by Gasteiger charge is 2.37. The Morgan fingerprint density at radius 3 is 2.58 bits per heavy atom. The molecule has 0 atom stereocenters. The molecular formula is C13H7F2NO2S. The number of benzene rings is 1. The van der Waals surface area contributed by atoms with Crippen LogP contribution < -0.4 is 4.90 Å². The molecule has 1 aromatic carbocycles. The molecule has 0 fully saturated rings. The molecule has 3 rings (SSSR count). The van der Waals surface area contributed by atoms with E-state index in [-0.39, 0.29) is 17.8 Å². The summed E-state index contributed by atoms with van der Waals surface area (Å²) in [5.41, 5.74) is 0.878. The molecule has 0 saturated carbocycles. The maximum atomic E-state index is 13.3. The third kappa shape index (κ3) is 1.84. The average molecular weight is 279 g/mol. The van der Waals surface area contributed by atoms with E-state index in [0.717, 1.165) is 17.7 Å². The molecule has 0 aliphatic carbocycles. The van der Waals surface area contributed by atoms with Crippen molar-refractivity contribution < 1.29 is 18.4 Å². The van der Waals surface area contributed by atoms with Gasteiger partial charge in [0.05, 0.1) is 17.8 Å². The minimum atomic E-state index is -1.13. The largest absolute Gasteiger partial charge is 0.300 e. The predicted octanol–water partition coefficient (Wildman–Crippen LogP) is 2.76. The third-order valence-corrected chi connectivity index (χ3v) is 3.67. The fourth-order valence-corrected chi connectivity index (χ4v) is 2.67. The number of carbonyl (C=O) groups is 2. The van der Waals surface area contributed by atoms with Crippen LogP contribution in [0.1, 0.15) is 15.9 Å². The highest BCUT2D eigenvalue weighted by atomic mass is 32.1. The highest BCUT2D eigenvalue weighted by Crippen LogP contribution is 2.32. The fraction of sp³-hybridized carbons (Fsp3) is 0.0769. The summed E-state index contributed by atoms with van der Waals surface area (Å²) in [7, 11) is 0. The summed E-state index contributed by atoms with van der Waals surface area (Å²) in [6.45, 7) is 0.173. The van der Waals surface area contributed by atoms with Gasteiger partial charge in [-0.3, -0.25) is 9.59 Å². The number of anilines is 1. The Hall–Kier alpha value is -2.08. The zero-order valence-corrected chi connectivity index (χ0v) is 10.3. The summed E-state index contributed by atoms with van der Waals surface area (Å²) in [6, 6.07) is 3.47. The number of nitrogens with zero attached hydrogens (tertiary/aromatic N) is 1. The first-order valence-corrected chi connectivity index (χ1v) is 6.38. The van der Waals surface area contributed by atoms with Crippen LogP contribution in [0.2, 0.25) is 0 Å². The van der Waals surface area contributed by atoms with E-state index in [1.54, 1.807) is 6.07 Å². The molecule has 0 radical (unpaired) electrons. The van der Waals surface area contributed by atoms with Crippen LogP contribution in [0.25, 0.3) is 0 Å². The molecule has 2 heterocycles. The second kappa shape index (κ2) is 4.24. The van der Waals surface area contributed by atoms with Gasteiger partial charge in [0.1, 0.15) is 0 Å². The molecule has 1 aliphatic heterocycles. The number of halogens is 2. The molecule has 0 N–H and O–H groups in total. The second-order valence-corrected chi connectivity index (χ2v) is 4.92. The van der Waals surface area contributed by atoms with E-state index in [4.69, 9.17) is 0 Å². The number of hydrogen-bond donors (Lipinski definition) is 0.